The zero-order valence-electron chi connectivity index (χ0n) is 6.27. The SMILES string of the molecule is [CH]1CCC2NCCNC2C1. The van der Waals surface area contributed by atoms with Gasteiger partial charge in [0.05, 0.1) is 0 Å². The maximum absolute atomic E-state index is 3.54. The molecule has 2 N–H and O–H groups in total. The van der Waals surface area contributed by atoms with Gasteiger partial charge in [0.25, 0.3) is 0 Å². The first kappa shape index (κ1) is 6.62. The van der Waals surface area contributed by atoms with Crippen LogP contribution in [-0.2, 0) is 0 Å². The van der Waals surface area contributed by atoms with Crippen molar-refractivity contribution in [1.82, 2.24) is 10.6 Å². The van der Waals surface area contributed by atoms with Crippen molar-refractivity contribution in [2.45, 2.75) is 31.3 Å². The van der Waals surface area contributed by atoms with Crippen LogP contribution in [0.15, 0.2) is 0 Å². The number of piperazine rings is 1. The molecule has 10 heavy (non-hydrogen) atoms. The Morgan fingerprint density at radius 3 is 2.70 bits per heavy atom. The fourth-order valence-corrected chi connectivity index (χ4v) is 1.95. The highest BCUT2D eigenvalue weighted by molar-refractivity contribution is 4.95. The van der Waals surface area contributed by atoms with Gasteiger partial charge in [0, 0.05) is 25.2 Å². The van der Waals surface area contributed by atoms with Gasteiger partial charge in [-0.05, 0) is 25.7 Å². The van der Waals surface area contributed by atoms with Crippen LogP contribution in [0.2, 0.25) is 0 Å². The molecule has 1 aliphatic carbocycles. The van der Waals surface area contributed by atoms with E-state index in [2.05, 4.69) is 17.1 Å². The Kier molecular flexibility index (Phi) is 1.91. The summed E-state index contributed by atoms with van der Waals surface area (Å²) in [5.74, 6) is 0. The Bertz CT molecular complexity index is 87.8. The quantitative estimate of drug-likeness (QED) is 0.504. The number of fused-ring (bicyclic) bond motifs is 1. The summed E-state index contributed by atoms with van der Waals surface area (Å²) in [5, 5.41) is 7.07. The molecular formula is C8H15N2. The van der Waals surface area contributed by atoms with E-state index < -0.39 is 0 Å². The molecule has 0 aromatic heterocycles. The fraction of sp³-hybridized carbons (Fsp3) is 0.875. The van der Waals surface area contributed by atoms with Gasteiger partial charge in [-0.15, -0.1) is 0 Å². The predicted octanol–water partition coefficient (Wildman–Crippen LogP) is 0.305. The van der Waals surface area contributed by atoms with E-state index in [1.807, 2.05) is 0 Å². The summed E-state index contributed by atoms with van der Waals surface area (Å²) in [7, 11) is 0. The summed E-state index contributed by atoms with van der Waals surface area (Å²) in [6, 6.07) is 1.50. The van der Waals surface area contributed by atoms with Crippen LogP contribution < -0.4 is 10.6 Å². The Morgan fingerprint density at radius 1 is 1.10 bits per heavy atom. The second-order valence-corrected chi connectivity index (χ2v) is 3.22. The third kappa shape index (κ3) is 1.18. The van der Waals surface area contributed by atoms with Crippen LogP contribution in [0.3, 0.4) is 0 Å². The fourth-order valence-electron chi connectivity index (χ4n) is 1.95. The molecule has 0 aromatic rings. The number of hydrogen-bond donors (Lipinski definition) is 2. The minimum Gasteiger partial charge on any atom is -0.311 e. The van der Waals surface area contributed by atoms with Gasteiger partial charge >= 0.3 is 0 Å². The van der Waals surface area contributed by atoms with Crippen molar-refractivity contribution in [1.29, 1.82) is 0 Å². The molecule has 2 rings (SSSR count). The molecule has 2 unspecified atom stereocenters. The van der Waals surface area contributed by atoms with Gasteiger partial charge in [0.1, 0.15) is 0 Å². The van der Waals surface area contributed by atoms with Crippen LogP contribution in [0.1, 0.15) is 19.3 Å². The maximum Gasteiger partial charge on any atom is 0.0224 e. The smallest absolute Gasteiger partial charge is 0.0224 e. The van der Waals surface area contributed by atoms with E-state index in [0.717, 1.165) is 25.2 Å². The minimum absolute atomic E-state index is 0.738. The first-order chi connectivity index (χ1) is 4.97. The zero-order valence-corrected chi connectivity index (χ0v) is 6.27. The molecule has 57 valence electrons. The van der Waals surface area contributed by atoms with Gasteiger partial charge in [0.2, 0.25) is 0 Å². The van der Waals surface area contributed by atoms with Crippen molar-refractivity contribution in [3.05, 3.63) is 6.42 Å². The zero-order chi connectivity index (χ0) is 6.81. The second kappa shape index (κ2) is 2.89. The van der Waals surface area contributed by atoms with Gasteiger partial charge in [-0.2, -0.15) is 0 Å². The van der Waals surface area contributed by atoms with E-state index in [1.165, 1.54) is 19.3 Å². The average Bonchev–Trinajstić information content (AvgIpc) is 2.05. The third-order valence-corrected chi connectivity index (χ3v) is 2.53. The molecule has 0 bridgehead atoms. The molecule has 1 radical (unpaired) electrons. The normalized spacial score (nSPS) is 40.8. The topological polar surface area (TPSA) is 24.1 Å². The van der Waals surface area contributed by atoms with Crippen molar-refractivity contribution in [2.24, 2.45) is 0 Å². The highest BCUT2D eigenvalue weighted by atomic mass is 15.1. The predicted molar refractivity (Wildman–Crippen MR) is 41.7 cm³/mol. The molecule has 0 spiro atoms. The van der Waals surface area contributed by atoms with Crippen molar-refractivity contribution in [3.8, 4) is 0 Å². The van der Waals surface area contributed by atoms with Gasteiger partial charge in [0.15, 0.2) is 0 Å². The molecule has 0 aromatic carbocycles. The lowest BCUT2D eigenvalue weighted by Crippen LogP contribution is -2.57. The Balaban J connectivity index is 1.93. The van der Waals surface area contributed by atoms with Crippen LogP contribution in [0, 0.1) is 6.42 Å². The first-order valence-corrected chi connectivity index (χ1v) is 4.25. The van der Waals surface area contributed by atoms with E-state index >= 15 is 0 Å². The summed E-state index contributed by atoms with van der Waals surface area (Å²) in [5.41, 5.74) is 0. The summed E-state index contributed by atoms with van der Waals surface area (Å²) < 4.78 is 0. The second-order valence-electron chi connectivity index (χ2n) is 3.22. The number of hydrogen-bond acceptors (Lipinski definition) is 2. The number of nitrogens with one attached hydrogen (secondary N) is 2. The van der Waals surface area contributed by atoms with Crippen molar-refractivity contribution >= 4 is 0 Å². The van der Waals surface area contributed by atoms with Gasteiger partial charge in [-0.25, -0.2) is 0 Å². The highest BCUT2D eigenvalue weighted by Crippen LogP contribution is 2.18. The Labute approximate surface area is 62.4 Å². The lowest BCUT2D eigenvalue weighted by molar-refractivity contribution is 0.279. The molecule has 2 aliphatic rings. The molecule has 1 saturated heterocycles. The van der Waals surface area contributed by atoms with E-state index in [1.54, 1.807) is 0 Å². The molecule has 1 saturated carbocycles. The standard InChI is InChI=1S/C8H15N2/c1-2-4-8-7(3-1)9-5-6-10-8/h1,7-10H,2-6H2. The summed E-state index contributed by atoms with van der Waals surface area (Å²) in [6.45, 7) is 2.30. The maximum atomic E-state index is 3.54. The summed E-state index contributed by atoms with van der Waals surface area (Å²) >= 11 is 0. The molecular weight excluding hydrogens is 124 g/mol. The molecule has 0 amide bonds. The molecule has 2 atom stereocenters. The molecule has 1 aliphatic heterocycles. The highest BCUT2D eigenvalue weighted by Gasteiger charge is 2.26. The lowest BCUT2D eigenvalue weighted by Gasteiger charge is -2.36. The number of rotatable bonds is 0. The lowest BCUT2D eigenvalue weighted by atomic mass is 9.89. The average molecular weight is 139 g/mol. The van der Waals surface area contributed by atoms with E-state index in [-0.39, 0.29) is 0 Å². The Hall–Kier alpha value is -0.0800. The minimum atomic E-state index is 0.738. The van der Waals surface area contributed by atoms with Crippen molar-refractivity contribution in [2.75, 3.05) is 13.1 Å². The molecule has 1 heterocycles. The van der Waals surface area contributed by atoms with Gasteiger partial charge < -0.3 is 10.6 Å². The van der Waals surface area contributed by atoms with Gasteiger partial charge in [-0.3, -0.25) is 0 Å². The summed E-state index contributed by atoms with van der Waals surface area (Å²) in [4.78, 5) is 0. The van der Waals surface area contributed by atoms with E-state index in [4.69, 9.17) is 0 Å². The summed E-state index contributed by atoms with van der Waals surface area (Å²) in [6.07, 6.45) is 6.30. The van der Waals surface area contributed by atoms with E-state index in [0.29, 0.717) is 0 Å². The van der Waals surface area contributed by atoms with Crippen LogP contribution in [0.4, 0.5) is 0 Å². The van der Waals surface area contributed by atoms with Crippen molar-refractivity contribution in [3.63, 3.8) is 0 Å². The third-order valence-electron chi connectivity index (χ3n) is 2.53. The van der Waals surface area contributed by atoms with Crippen LogP contribution in [0.5, 0.6) is 0 Å². The molecule has 2 fully saturated rings. The van der Waals surface area contributed by atoms with Crippen LogP contribution >= 0.6 is 0 Å². The van der Waals surface area contributed by atoms with Crippen molar-refractivity contribution < 1.29 is 0 Å². The molecule has 2 heteroatoms. The Morgan fingerprint density at radius 2 is 1.90 bits per heavy atom. The molecule has 2 nitrogen and oxygen atoms in total. The van der Waals surface area contributed by atoms with E-state index in [9.17, 15) is 0 Å². The van der Waals surface area contributed by atoms with Crippen LogP contribution in [-0.4, -0.2) is 25.2 Å². The largest absolute Gasteiger partial charge is 0.311 e. The van der Waals surface area contributed by atoms with Crippen LogP contribution in [0.25, 0.3) is 0 Å². The monoisotopic (exact) mass is 139 g/mol. The van der Waals surface area contributed by atoms with Gasteiger partial charge in [-0.1, -0.05) is 0 Å². The first-order valence-electron chi connectivity index (χ1n) is 4.25.